The fourth-order valence-electron chi connectivity index (χ4n) is 2.49. The molecule has 0 spiro atoms. The number of ether oxygens (including phenoxy) is 3. The highest BCUT2D eigenvalue weighted by molar-refractivity contribution is 5.87. The zero-order chi connectivity index (χ0) is 14.8. The molecular formula is C13H17N3O5. The van der Waals surface area contributed by atoms with Gasteiger partial charge in [0.25, 0.3) is 5.91 Å². The van der Waals surface area contributed by atoms with Crippen LogP contribution in [-0.4, -0.2) is 66.1 Å². The highest BCUT2D eigenvalue weighted by Gasteiger charge is 2.30. The van der Waals surface area contributed by atoms with E-state index in [-0.39, 0.29) is 11.6 Å². The maximum atomic E-state index is 12.4. The fraction of sp³-hybridized carbons (Fsp3) is 0.615. The normalized spacial score (nSPS) is 21.8. The summed E-state index contributed by atoms with van der Waals surface area (Å²) in [6.45, 7) is 2.75. The molecule has 2 aliphatic heterocycles. The standard InChI is InChI=1S/C13H17N3O5/c1-19-13(18)10-6-9-7-15(2-3-16(9)14-10)12(17)11-8-20-4-5-21-11/h6,11H,2-5,7-8H2,1H3/t11-/m0/s1. The van der Waals surface area contributed by atoms with Gasteiger partial charge < -0.3 is 19.1 Å². The van der Waals surface area contributed by atoms with Crippen LogP contribution in [0.3, 0.4) is 0 Å². The van der Waals surface area contributed by atoms with Gasteiger partial charge >= 0.3 is 5.97 Å². The number of carbonyl (C=O) groups excluding carboxylic acids is 2. The van der Waals surface area contributed by atoms with Crippen molar-refractivity contribution in [3.63, 3.8) is 0 Å². The summed E-state index contributed by atoms with van der Waals surface area (Å²) in [5.74, 6) is -0.555. The fourth-order valence-corrected chi connectivity index (χ4v) is 2.49. The van der Waals surface area contributed by atoms with Gasteiger partial charge in [-0.1, -0.05) is 0 Å². The number of methoxy groups -OCH3 is 1. The van der Waals surface area contributed by atoms with Crippen LogP contribution in [0.1, 0.15) is 16.2 Å². The number of hydrogen-bond donors (Lipinski definition) is 0. The van der Waals surface area contributed by atoms with Crippen LogP contribution in [-0.2, 0) is 32.1 Å². The van der Waals surface area contributed by atoms with E-state index in [9.17, 15) is 9.59 Å². The molecule has 3 heterocycles. The van der Waals surface area contributed by atoms with Crippen molar-refractivity contribution in [2.45, 2.75) is 19.2 Å². The van der Waals surface area contributed by atoms with Crippen molar-refractivity contribution in [2.75, 3.05) is 33.5 Å². The maximum Gasteiger partial charge on any atom is 0.358 e. The second-order valence-electron chi connectivity index (χ2n) is 4.93. The monoisotopic (exact) mass is 295 g/mol. The van der Waals surface area contributed by atoms with E-state index >= 15 is 0 Å². The minimum absolute atomic E-state index is 0.0817. The molecule has 1 saturated heterocycles. The topological polar surface area (TPSA) is 82.9 Å². The molecule has 0 radical (unpaired) electrons. The van der Waals surface area contributed by atoms with Gasteiger partial charge in [0, 0.05) is 6.54 Å². The van der Waals surface area contributed by atoms with Crippen LogP contribution in [0.5, 0.6) is 0 Å². The number of hydrogen-bond acceptors (Lipinski definition) is 6. The number of fused-ring (bicyclic) bond motifs is 1. The van der Waals surface area contributed by atoms with E-state index in [0.29, 0.717) is 39.5 Å². The first-order chi connectivity index (χ1) is 10.2. The number of rotatable bonds is 2. The Kier molecular flexibility index (Phi) is 3.89. The quantitative estimate of drug-likeness (QED) is 0.679. The zero-order valence-electron chi connectivity index (χ0n) is 11.8. The Morgan fingerprint density at radius 1 is 1.38 bits per heavy atom. The lowest BCUT2D eigenvalue weighted by molar-refractivity contribution is -0.159. The summed E-state index contributed by atoms with van der Waals surface area (Å²) in [6.07, 6.45) is -0.534. The van der Waals surface area contributed by atoms with Crippen LogP contribution in [0.25, 0.3) is 0 Å². The third-order valence-corrected chi connectivity index (χ3v) is 3.60. The molecule has 0 N–H and O–H groups in total. The van der Waals surface area contributed by atoms with Crippen molar-refractivity contribution >= 4 is 11.9 Å². The summed E-state index contributed by atoms with van der Waals surface area (Å²) in [5.41, 5.74) is 1.07. The molecule has 8 heteroatoms. The molecule has 0 aromatic carbocycles. The largest absolute Gasteiger partial charge is 0.464 e. The first kappa shape index (κ1) is 14.0. The summed E-state index contributed by atoms with van der Waals surface area (Å²) in [5, 5.41) is 4.18. The molecule has 3 rings (SSSR count). The minimum Gasteiger partial charge on any atom is -0.464 e. The van der Waals surface area contributed by atoms with Crippen molar-refractivity contribution in [3.05, 3.63) is 17.5 Å². The molecule has 2 aliphatic rings. The van der Waals surface area contributed by atoms with Gasteiger partial charge in [0.05, 0.1) is 45.7 Å². The summed E-state index contributed by atoms with van der Waals surface area (Å²) < 4.78 is 17.1. The van der Waals surface area contributed by atoms with Gasteiger partial charge in [-0.15, -0.1) is 0 Å². The van der Waals surface area contributed by atoms with Crippen LogP contribution in [0.2, 0.25) is 0 Å². The number of amides is 1. The maximum absolute atomic E-state index is 12.4. The molecule has 114 valence electrons. The molecule has 1 fully saturated rings. The number of esters is 1. The lowest BCUT2D eigenvalue weighted by Gasteiger charge is -2.32. The lowest BCUT2D eigenvalue weighted by Crippen LogP contribution is -2.47. The second-order valence-corrected chi connectivity index (χ2v) is 4.93. The van der Waals surface area contributed by atoms with E-state index in [1.807, 2.05) is 0 Å². The molecule has 0 aliphatic carbocycles. The molecule has 21 heavy (non-hydrogen) atoms. The molecule has 1 aromatic heterocycles. The van der Waals surface area contributed by atoms with E-state index in [1.165, 1.54) is 7.11 Å². The average Bonchev–Trinajstić information content (AvgIpc) is 2.97. The molecule has 0 bridgehead atoms. The van der Waals surface area contributed by atoms with Gasteiger partial charge in [-0.2, -0.15) is 5.10 Å². The number of aromatic nitrogens is 2. The Bertz CT molecular complexity index is 550. The van der Waals surface area contributed by atoms with Crippen molar-refractivity contribution in [1.29, 1.82) is 0 Å². The molecule has 1 amide bonds. The minimum atomic E-state index is -0.534. The van der Waals surface area contributed by atoms with Crippen LogP contribution >= 0.6 is 0 Å². The zero-order valence-corrected chi connectivity index (χ0v) is 11.8. The Morgan fingerprint density at radius 3 is 2.95 bits per heavy atom. The van der Waals surface area contributed by atoms with E-state index in [2.05, 4.69) is 9.84 Å². The van der Waals surface area contributed by atoms with Crippen molar-refractivity contribution < 1.29 is 23.8 Å². The van der Waals surface area contributed by atoms with Crippen LogP contribution in [0, 0.1) is 0 Å². The van der Waals surface area contributed by atoms with Gasteiger partial charge in [-0.3, -0.25) is 9.48 Å². The van der Waals surface area contributed by atoms with Gasteiger partial charge in [0.15, 0.2) is 11.8 Å². The Hall–Kier alpha value is -1.93. The van der Waals surface area contributed by atoms with Crippen molar-refractivity contribution in [3.8, 4) is 0 Å². The average molecular weight is 295 g/mol. The Labute approximate surface area is 121 Å². The second kappa shape index (κ2) is 5.82. The first-order valence-electron chi connectivity index (χ1n) is 6.82. The van der Waals surface area contributed by atoms with E-state index in [4.69, 9.17) is 9.47 Å². The molecule has 1 atom stereocenters. The molecule has 0 saturated carbocycles. The van der Waals surface area contributed by atoms with E-state index in [1.54, 1.807) is 15.6 Å². The van der Waals surface area contributed by atoms with Crippen LogP contribution < -0.4 is 0 Å². The third kappa shape index (κ3) is 2.77. The predicted molar refractivity (Wildman–Crippen MR) is 69.5 cm³/mol. The van der Waals surface area contributed by atoms with Gasteiger partial charge in [-0.05, 0) is 6.07 Å². The molecule has 8 nitrogen and oxygen atoms in total. The third-order valence-electron chi connectivity index (χ3n) is 3.60. The van der Waals surface area contributed by atoms with Gasteiger partial charge in [0.2, 0.25) is 0 Å². The lowest BCUT2D eigenvalue weighted by atomic mass is 10.2. The smallest absolute Gasteiger partial charge is 0.358 e. The van der Waals surface area contributed by atoms with Crippen LogP contribution in [0.4, 0.5) is 0 Å². The summed E-state index contributed by atoms with van der Waals surface area (Å²) in [7, 11) is 1.32. The first-order valence-corrected chi connectivity index (χ1v) is 6.82. The Balaban J connectivity index is 1.70. The van der Waals surface area contributed by atoms with Gasteiger partial charge in [-0.25, -0.2) is 4.79 Å². The Morgan fingerprint density at radius 2 is 2.24 bits per heavy atom. The highest BCUT2D eigenvalue weighted by atomic mass is 16.6. The summed E-state index contributed by atoms with van der Waals surface area (Å²) >= 11 is 0. The molecule has 0 unspecified atom stereocenters. The predicted octanol–water partition coefficient (Wildman–Crippen LogP) is -0.573. The van der Waals surface area contributed by atoms with Crippen molar-refractivity contribution in [1.82, 2.24) is 14.7 Å². The summed E-state index contributed by atoms with van der Waals surface area (Å²) in [4.78, 5) is 25.5. The number of nitrogens with zero attached hydrogens (tertiary/aromatic N) is 3. The van der Waals surface area contributed by atoms with Crippen LogP contribution in [0.15, 0.2) is 6.07 Å². The van der Waals surface area contributed by atoms with Crippen molar-refractivity contribution in [2.24, 2.45) is 0 Å². The summed E-state index contributed by atoms with van der Waals surface area (Å²) in [6, 6.07) is 1.66. The molecular weight excluding hydrogens is 278 g/mol. The van der Waals surface area contributed by atoms with E-state index < -0.39 is 12.1 Å². The number of carbonyl (C=O) groups is 2. The highest BCUT2D eigenvalue weighted by Crippen LogP contribution is 2.16. The SMILES string of the molecule is COC(=O)c1cc2n(n1)CCN(C(=O)[C@@H]1COCCO1)C2. The molecule has 1 aromatic rings. The van der Waals surface area contributed by atoms with E-state index in [0.717, 1.165) is 5.69 Å². The van der Waals surface area contributed by atoms with Gasteiger partial charge in [0.1, 0.15) is 0 Å².